The monoisotopic (exact) mass is 280 g/mol. The fraction of sp³-hybridized carbons (Fsp3) is 0.733. The number of allylic oxidation sites excluding steroid dienone is 2. The molecule has 3 atom stereocenters. The van der Waals surface area contributed by atoms with Crippen LogP contribution in [0.4, 0.5) is 0 Å². The van der Waals surface area contributed by atoms with Gasteiger partial charge < -0.3 is 10.4 Å². The number of nitrogens with zero attached hydrogens (tertiary/aromatic N) is 1. The van der Waals surface area contributed by atoms with Crippen LogP contribution in [0.5, 0.6) is 0 Å². The third-order valence-corrected chi connectivity index (χ3v) is 4.42. The number of nitrogens with one attached hydrogen (secondary N) is 1. The van der Waals surface area contributed by atoms with Gasteiger partial charge in [-0.25, -0.2) is 0 Å². The van der Waals surface area contributed by atoms with Crippen LogP contribution in [-0.2, 0) is 9.59 Å². The summed E-state index contributed by atoms with van der Waals surface area (Å²) in [6, 6.07) is 0.323. The molecule has 2 N–H and O–H groups in total. The maximum atomic E-state index is 12.2. The van der Waals surface area contributed by atoms with E-state index in [1.54, 1.807) is 0 Å². The van der Waals surface area contributed by atoms with Gasteiger partial charge in [-0.2, -0.15) is 0 Å². The first kappa shape index (κ1) is 15.0. The molecule has 0 radical (unpaired) electrons. The molecule has 0 saturated carbocycles. The highest BCUT2D eigenvalue weighted by Gasteiger charge is 2.34. The zero-order valence-corrected chi connectivity index (χ0v) is 12.0. The predicted octanol–water partition coefficient (Wildman–Crippen LogP) is 1.25. The van der Waals surface area contributed by atoms with Gasteiger partial charge in [-0.15, -0.1) is 0 Å². The van der Waals surface area contributed by atoms with E-state index >= 15 is 0 Å². The number of likely N-dealkylation sites (tertiary alicyclic amines) is 1. The van der Waals surface area contributed by atoms with E-state index in [0.29, 0.717) is 25.4 Å². The van der Waals surface area contributed by atoms with E-state index in [1.807, 2.05) is 12.2 Å². The van der Waals surface area contributed by atoms with Gasteiger partial charge in [-0.1, -0.05) is 12.2 Å². The number of carboxylic acid groups (broad SMARTS) is 1. The lowest BCUT2D eigenvalue weighted by Crippen LogP contribution is -2.45. The predicted molar refractivity (Wildman–Crippen MR) is 76.3 cm³/mol. The van der Waals surface area contributed by atoms with Gasteiger partial charge in [0, 0.05) is 12.6 Å². The molecule has 5 heteroatoms. The lowest BCUT2D eigenvalue weighted by Gasteiger charge is -2.27. The number of carbonyl (C=O) groups excluding carboxylic acids is 1. The molecule has 112 valence electrons. The van der Waals surface area contributed by atoms with Crippen LogP contribution in [0.15, 0.2) is 12.2 Å². The maximum absolute atomic E-state index is 12.2. The van der Waals surface area contributed by atoms with Gasteiger partial charge in [0.05, 0.1) is 11.8 Å². The van der Waals surface area contributed by atoms with E-state index in [1.165, 1.54) is 12.8 Å². The second-order valence-corrected chi connectivity index (χ2v) is 5.83. The third-order valence-electron chi connectivity index (χ3n) is 4.42. The van der Waals surface area contributed by atoms with Gasteiger partial charge in [0.2, 0.25) is 5.91 Å². The summed E-state index contributed by atoms with van der Waals surface area (Å²) in [6.07, 6.45) is 7.21. The van der Waals surface area contributed by atoms with E-state index in [0.717, 1.165) is 13.1 Å². The van der Waals surface area contributed by atoms with E-state index in [2.05, 4.69) is 17.1 Å². The Bertz CT molecular complexity index is 389. The van der Waals surface area contributed by atoms with Crippen molar-refractivity contribution in [3.8, 4) is 0 Å². The highest BCUT2D eigenvalue weighted by Crippen LogP contribution is 2.26. The first-order valence-corrected chi connectivity index (χ1v) is 7.49. The number of carbonyl (C=O) groups is 2. The minimum absolute atomic E-state index is 0.118. The minimum atomic E-state index is -0.873. The fourth-order valence-corrected chi connectivity index (χ4v) is 3.07. The molecule has 3 unspecified atom stereocenters. The Balaban J connectivity index is 1.84. The number of aliphatic carboxylic acids is 1. The molecular weight excluding hydrogens is 256 g/mol. The van der Waals surface area contributed by atoms with Crippen LogP contribution in [0.3, 0.4) is 0 Å². The van der Waals surface area contributed by atoms with Crippen molar-refractivity contribution in [1.82, 2.24) is 10.2 Å². The minimum Gasteiger partial charge on any atom is -0.481 e. The summed E-state index contributed by atoms with van der Waals surface area (Å²) in [4.78, 5) is 25.8. The zero-order valence-electron chi connectivity index (χ0n) is 12.0. The Morgan fingerprint density at radius 3 is 2.45 bits per heavy atom. The summed E-state index contributed by atoms with van der Waals surface area (Å²) in [5, 5.41) is 12.1. The van der Waals surface area contributed by atoms with Gasteiger partial charge in [0.25, 0.3) is 0 Å². The molecule has 0 spiro atoms. The maximum Gasteiger partial charge on any atom is 0.307 e. The molecule has 0 aromatic carbocycles. The van der Waals surface area contributed by atoms with Crippen molar-refractivity contribution in [2.24, 2.45) is 11.8 Å². The second kappa shape index (κ2) is 6.88. The smallest absolute Gasteiger partial charge is 0.307 e. The van der Waals surface area contributed by atoms with Crippen molar-refractivity contribution in [1.29, 1.82) is 0 Å². The number of rotatable bonds is 5. The topological polar surface area (TPSA) is 69.6 Å². The fourth-order valence-electron chi connectivity index (χ4n) is 3.07. The molecule has 1 heterocycles. The summed E-state index contributed by atoms with van der Waals surface area (Å²) in [5.74, 6) is -2.00. The van der Waals surface area contributed by atoms with Crippen LogP contribution in [-0.4, -0.2) is 47.6 Å². The van der Waals surface area contributed by atoms with Crippen molar-refractivity contribution in [2.45, 2.75) is 38.6 Å². The van der Waals surface area contributed by atoms with Crippen molar-refractivity contribution in [3.63, 3.8) is 0 Å². The summed E-state index contributed by atoms with van der Waals surface area (Å²) in [5.41, 5.74) is 0. The van der Waals surface area contributed by atoms with E-state index < -0.39 is 17.8 Å². The van der Waals surface area contributed by atoms with Crippen LogP contribution < -0.4 is 5.32 Å². The Hall–Kier alpha value is -1.36. The first-order valence-electron chi connectivity index (χ1n) is 7.49. The Labute approximate surface area is 120 Å². The third kappa shape index (κ3) is 3.60. The second-order valence-electron chi connectivity index (χ2n) is 5.83. The average Bonchev–Trinajstić information content (AvgIpc) is 2.98. The molecule has 1 aliphatic carbocycles. The zero-order chi connectivity index (χ0) is 14.5. The molecule has 1 fully saturated rings. The molecule has 2 rings (SSSR count). The molecule has 2 aliphatic rings. The highest BCUT2D eigenvalue weighted by molar-refractivity contribution is 5.85. The normalized spacial score (nSPS) is 28.2. The summed E-state index contributed by atoms with van der Waals surface area (Å²) < 4.78 is 0. The molecule has 0 aromatic rings. The number of amides is 1. The highest BCUT2D eigenvalue weighted by atomic mass is 16.4. The van der Waals surface area contributed by atoms with Gasteiger partial charge in [-0.05, 0) is 45.7 Å². The molecule has 5 nitrogen and oxygen atoms in total. The largest absolute Gasteiger partial charge is 0.481 e. The number of hydrogen-bond donors (Lipinski definition) is 2. The number of hydrogen-bond acceptors (Lipinski definition) is 3. The van der Waals surface area contributed by atoms with Crippen molar-refractivity contribution in [2.75, 3.05) is 19.6 Å². The van der Waals surface area contributed by atoms with Crippen molar-refractivity contribution >= 4 is 11.9 Å². The van der Waals surface area contributed by atoms with E-state index in [9.17, 15) is 14.7 Å². The molecule has 0 aromatic heterocycles. The molecule has 1 aliphatic heterocycles. The molecule has 0 bridgehead atoms. The SMILES string of the molecule is CC(CNC(=O)C1CC=CCC1C(=O)O)N1CCCC1. The summed E-state index contributed by atoms with van der Waals surface area (Å²) >= 11 is 0. The summed E-state index contributed by atoms with van der Waals surface area (Å²) in [7, 11) is 0. The quantitative estimate of drug-likeness (QED) is 0.744. The Morgan fingerprint density at radius 2 is 1.85 bits per heavy atom. The van der Waals surface area contributed by atoms with Crippen LogP contribution in [0.25, 0.3) is 0 Å². The van der Waals surface area contributed by atoms with Crippen molar-refractivity contribution < 1.29 is 14.7 Å². The summed E-state index contributed by atoms with van der Waals surface area (Å²) in [6.45, 7) is 4.91. The Morgan fingerprint density at radius 1 is 1.25 bits per heavy atom. The standard InChI is InChI=1S/C15H24N2O3/c1-11(17-8-4-5-9-17)10-16-14(18)12-6-2-3-7-13(12)15(19)20/h2-3,11-13H,4-10H2,1H3,(H,16,18)(H,19,20). The molecule has 1 amide bonds. The molecule has 1 saturated heterocycles. The lowest BCUT2D eigenvalue weighted by atomic mass is 9.82. The Kier molecular flexibility index (Phi) is 5.17. The van der Waals surface area contributed by atoms with Gasteiger partial charge in [0.1, 0.15) is 0 Å². The van der Waals surface area contributed by atoms with Crippen LogP contribution in [0.1, 0.15) is 32.6 Å². The molecule has 20 heavy (non-hydrogen) atoms. The van der Waals surface area contributed by atoms with Crippen LogP contribution in [0.2, 0.25) is 0 Å². The number of carboxylic acids is 1. The molecular formula is C15H24N2O3. The van der Waals surface area contributed by atoms with E-state index in [4.69, 9.17) is 0 Å². The van der Waals surface area contributed by atoms with Gasteiger partial charge >= 0.3 is 5.97 Å². The average molecular weight is 280 g/mol. The van der Waals surface area contributed by atoms with Crippen LogP contribution >= 0.6 is 0 Å². The lowest BCUT2D eigenvalue weighted by molar-refractivity contribution is -0.147. The van der Waals surface area contributed by atoms with Crippen molar-refractivity contribution in [3.05, 3.63) is 12.2 Å². The van der Waals surface area contributed by atoms with Gasteiger partial charge in [-0.3, -0.25) is 14.5 Å². The van der Waals surface area contributed by atoms with Gasteiger partial charge in [0.15, 0.2) is 0 Å². The first-order chi connectivity index (χ1) is 9.59. The van der Waals surface area contributed by atoms with Crippen LogP contribution in [0, 0.1) is 11.8 Å². The van der Waals surface area contributed by atoms with E-state index in [-0.39, 0.29) is 5.91 Å².